The van der Waals surface area contributed by atoms with Crippen LogP contribution in [0.2, 0.25) is 0 Å². The molecule has 0 unspecified atom stereocenters. The van der Waals surface area contributed by atoms with Crippen LogP contribution in [0.1, 0.15) is 30.1 Å². The first-order valence-electron chi connectivity index (χ1n) is 6.30. The third-order valence-electron chi connectivity index (χ3n) is 2.96. The number of hydrogen-bond donors (Lipinski definition) is 0. The van der Waals surface area contributed by atoms with Gasteiger partial charge in [-0.3, -0.25) is 9.59 Å². The second-order valence-electron chi connectivity index (χ2n) is 4.29. The van der Waals surface area contributed by atoms with Crippen molar-refractivity contribution in [3.63, 3.8) is 0 Å². The molecule has 1 aromatic rings. The molecule has 0 saturated heterocycles. The highest BCUT2D eigenvalue weighted by Crippen LogP contribution is 2.29. The lowest BCUT2D eigenvalue weighted by Gasteiger charge is -2.14. The van der Waals surface area contributed by atoms with Crippen LogP contribution in [0.15, 0.2) is 29.2 Å². The lowest BCUT2D eigenvalue weighted by atomic mass is 10.2. The molecule has 0 saturated carbocycles. The van der Waals surface area contributed by atoms with Crippen molar-refractivity contribution in [2.75, 3.05) is 13.2 Å². The van der Waals surface area contributed by atoms with Crippen LogP contribution in [-0.2, 0) is 19.6 Å². The summed E-state index contributed by atoms with van der Waals surface area (Å²) < 4.78 is 29.9. The van der Waals surface area contributed by atoms with Crippen molar-refractivity contribution >= 4 is 21.9 Å². The monoisotopic (exact) mass is 297 g/mol. The van der Waals surface area contributed by atoms with Crippen LogP contribution in [0, 0.1) is 0 Å². The Kier molecular flexibility index (Phi) is 4.08. The molecular formula is C13H15NO5S. The summed E-state index contributed by atoms with van der Waals surface area (Å²) in [4.78, 5) is 23.3. The van der Waals surface area contributed by atoms with Gasteiger partial charge in [0, 0.05) is 13.0 Å². The van der Waals surface area contributed by atoms with Crippen molar-refractivity contribution < 1.29 is 22.7 Å². The average molecular weight is 297 g/mol. The maximum atomic E-state index is 12.2. The number of carbonyl (C=O) groups is 2. The molecule has 1 amide bonds. The Labute approximate surface area is 117 Å². The van der Waals surface area contributed by atoms with Crippen LogP contribution in [0.5, 0.6) is 0 Å². The van der Waals surface area contributed by atoms with E-state index in [-0.39, 0.29) is 36.5 Å². The van der Waals surface area contributed by atoms with Gasteiger partial charge in [-0.05, 0) is 25.5 Å². The van der Waals surface area contributed by atoms with Crippen LogP contribution >= 0.6 is 0 Å². The van der Waals surface area contributed by atoms with Gasteiger partial charge in [0.2, 0.25) is 0 Å². The third kappa shape index (κ3) is 2.53. The standard InChI is InChI=1S/C13H15NO5S/c1-2-19-12(15)8-5-9-14-13(16)10-6-3-4-7-11(10)20(14,17)18/h3-4,6-7H,2,5,8-9H2,1H3. The Morgan fingerprint density at radius 3 is 2.65 bits per heavy atom. The van der Waals surface area contributed by atoms with Crippen molar-refractivity contribution in [3.8, 4) is 0 Å². The van der Waals surface area contributed by atoms with Gasteiger partial charge in [0.05, 0.1) is 12.2 Å². The number of amides is 1. The molecule has 7 heteroatoms. The molecule has 2 rings (SSSR count). The summed E-state index contributed by atoms with van der Waals surface area (Å²) in [6, 6.07) is 6.09. The molecule has 1 heterocycles. The molecule has 20 heavy (non-hydrogen) atoms. The molecule has 0 aromatic heterocycles. The predicted molar refractivity (Wildman–Crippen MR) is 70.5 cm³/mol. The Hall–Kier alpha value is -1.89. The normalized spacial score (nSPS) is 16.1. The van der Waals surface area contributed by atoms with Gasteiger partial charge in [-0.15, -0.1) is 0 Å². The summed E-state index contributed by atoms with van der Waals surface area (Å²) in [6.07, 6.45) is 0.335. The van der Waals surface area contributed by atoms with E-state index in [1.54, 1.807) is 19.1 Å². The minimum atomic E-state index is -3.77. The number of esters is 1. The van der Waals surface area contributed by atoms with E-state index in [4.69, 9.17) is 4.74 Å². The minimum Gasteiger partial charge on any atom is -0.466 e. The number of ether oxygens (including phenoxy) is 1. The molecule has 0 radical (unpaired) electrons. The van der Waals surface area contributed by atoms with Gasteiger partial charge in [-0.1, -0.05) is 12.1 Å². The first-order chi connectivity index (χ1) is 9.48. The molecule has 6 nitrogen and oxygen atoms in total. The SMILES string of the molecule is CCOC(=O)CCCN1C(=O)c2ccccc2S1(=O)=O. The summed E-state index contributed by atoms with van der Waals surface area (Å²) in [7, 11) is -3.77. The van der Waals surface area contributed by atoms with Crippen molar-refractivity contribution in [1.29, 1.82) is 0 Å². The molecule has 1 aliphatic rings. The maximum Gasteiger partial charge on any atom is 0.305 e. The molecule has 1 aromatic carbocycles. The lowest BCUT2D eigenvalue weighted by molar-refractivity contribution is -0.143. The predicted octanol–water partition coefficient (Wildman–Crippen LogP) is 1.17. The molecule has 0 atom stereocenters. The van der Waals surface area contributed by atoms with E-state index < -0.39 is 21.9 Å². The second kappa shape index (κ2) is 5.62. The van der Waals surface area contributed by atoms with Crippen molar-refractivity contribution in [2.45, 2.75) is 24.7 Å². The number of carbonyl (C=O) groups excluding carboxylic acids is 2. The van der Waals surface area contributed by atoms with Gasteiger partial charge in [0.25, 0.3) is 15.9 Å². The smallest absolute Gasteiger partial charge is 0.305 e. The topological polar surface area (TPSA) is 80.8 Å². The van der Waals surface area contributed by atoms with E-state index in [1.165, 1.54) is 12.1 Å². The fourth-order valence-electron chi connectivity index (χ4n) is 2.05. The number of rotatable bonds is 5. The summed E-state index contributed by atoms with van der Waals surface area (Å²) >= 11 is 0. The molecule has 0 spiro atoms. The van der Waals surface area contributed by atoms with E-state index in [9.17, 15) is 18.0 Å². The Balaban J connectivity index is 2.08. The summed E-state index contributed by atoms with van der Waals surface area (Å²) in [5.74, 6) is -0.932. The first-order valence-corrected chi connectivity index (χ1v) is 7.74. The third-order valence-corrected chi connectivity index (χ3v) is 4.80. The largest absolute Gasteiger partial charge is 0.466 e. The molecule has 1 aliphatic heterocycles. The van der Waals surface area contributed by atoms with Crippen LogP contribution in [-0.4, -0.2) is 37.8 Å². The van der Waals surface area contributed by atoms with Gasteiger partial charge in [0.1, 0.15) is 4.90 Å². The van der Waals surface area contributed by atoms with Gasteiger partial charge in [-0.2, -0.15) is 0 Å². The van der Waals surface area contributed by atoms with E-state index in [2.05, 4.69) is 0 Å². The highest BCUT2D eigenvalue weighted by molar-refractivity contribution is 7.90. The zero-order valence-corrected chi connectivity index (χ0v) is 11.9. The number of nitrogens with zero attached hydrogens (tertiary/aromatic N) is 1. The van der Waals surface area contributed by atoms with Crippen LogP contribution in [0.3, 0.4) is 0 Å². The number of benzene rings is 1. The summed E-state index contributed by atoms with van der Waals surface area (Å²) in [5.41, 5.74) is 0.184. The van der Waals surface area contributed by atoms with Crippen molar-refractivity contribution in [3.05, 3.63) is 29.8 Å². The number of sulfonamides is 1. The first kappa shape index (κ1) is 14.5. The van der Waals surface area contributed by atoms with E-state index in [0.29, 0.717) is 0 Å². The van der Waals surface area contributed by atoms with Crippen molar-refractivity contribution in [2.24, 2.45) is 0 Å². The zero-order valence-electron chi connectivity index (χ0n) is 11.0. The quantitative estimate of drug-likeness (QED) is 0.762. The van der Waals surface area contributed by atoms with Crippen LogP contribution in [0.25, 0.3) is 0 Å². The van der Waals surface area contributed by atoms with Gasteiger partial charge < -0.3 is 4.74 Å². The van der Waals surface area contributed by atoms with Gasteiger partial charge >= 0.3 is 5.97 Å². The summed E-state index contributed by atoms with van der Waals surface area (Å²) in [6.45, 7) is 1.96. The fourth-order valence-corrected chi connectivity index (χ4v) is 3.66. The average Bonchev–Trinajstić information content (AvgIpc) is 2.61. The zero-order chi connectivity index (χ0) is 14.8. The second-order valence-corrected chi connectivity index (χ2v) is 6.12. The maximum absolute atomic E-state index is 12.2. The Morgan fingerprint density at radius 2 is 2.00 bits per heavy atom. The molecule has 0 N–H and O–H groups in total. The van der Waals surface area contributed by atoms with E-state index in [1.807, 2.05) is 0 Å². The highest BCUT2D eigenvalue weighted by Gasteiger charge is 2.40. The molecular weight excluding hydrogens is 282 g/mol. The highest BCUT2D eigenvalue weighted by atomic mass is 32.2. The summed E-state index contributed by atoms with van der Waals surface area (Å²) in [5, 5.41) is 0. The molecule has 0 bridgehead atoms. The van der Waals surface area contributed by atoms with Crippen molar-refractivity contribution in [1.82, 2.24) is 4.31 Å². The Bertz CT molecular complexity index is 638. The minimum absolute atomic E-state index is 0.0192. The van der Waals surface area contributed by atoms with E-state index in [0.717, 1.165) is 4.31 Å². The van der Waals surface area contributed by atoms with E-state index >= 15 is 0 Å². The van der Waals surface area contributed by atoms with Gasteiger partial charge in [-0.25, -0.2) is 12.7 Å². The molecule has 108 valence electrons. The Morgan fingerprint density at radius 1 is 1.30 bits per heavy atom. The fraction of sp³-hybridized carbons (Fsp3) is 0.385. The number of fused-ring (bicyclic) bond motifs is 1. The van der Waals surface area contributed by atoms with Crippen LogP contribution in [0.4, 0.5) is 0 Å². The molecule has 0 aliphatic carbocycles. The lowest BCUT2D eigenvalue weighted by Crippen LogP contribution is -2.31. The van der Waals surface area contributed by atoms with Gasteiger partial charge in [0.15, 0.2) is 0 Å². The molecule has 0 fully saturated rings. The van der Waals surface area contributed by atoms with Crippen LogP contribution < -0.4 is 0 Å². The number of hydrogen-bond acceptors (Lipinski definition) is 5.